The normalized spacial score (nSPS) is 20.1. The molecule has 1 heterocycles. The highest BCUT2D eigenvalue weighted by molar-refractivity contribution is 8.13. The Morgan fingerprint density at radius 3 is 2.32 bits per heavy atom. The molecule has 7 heteroatoms. The predicted molar refractivity (Wildman–Crippen MR) is 111 cm³/mol. The number of hydrogen-bond donors (Lipinski definition) is 1. The van der Waals surface area contributed by atoms with Gasteiger partial charge in [0.05, 0.1) is 0 Å². The lowest BCUT2D eigenvalue weighted by Crippen LogP contribution is -2.46. The van der Waals surface area contributed by atoms with E-state index in [1.807, 2.05) is 12.1 Å². The first-order valence-corrected chi connectivity index (χ1v) is 10.9. The van der Waals surface area contributed by atoms with Crippen LogP contribution in [0.4, 0.5) is 10.5 Å². The SMILES string of the molecule is CN(C)C(=O)Sc1ccc(NC(=O)C2CCCN2C(=O)C2CCCCC2)cc1. The Kier molecular flexibility index (Phi) is 6.99. The zero-order valence-corrected chi connectivity index (χ0v) is 17.5. The predicted octanol–water partition coefficient (Wildman–Crippen LogP) is 3.97. The zero-order valence-electron chi connectivity index (χ0n) is 16.6. The largest absolute Gasteiger partial charge is 0.339 e. The highest BCUT2D eigenvalue weighted by Gasteiger charge is 2.37. The average molecular weight is 404 g/mol. The van der Waals surface area contributed by atoms with Crippen molar-refractivity contribution in [1.29, 1.82) is 0 Å². The fourth-order valence-electron chi connectivity index (χ4n) is 3.91. The first kappa shape index (κ1) is 20.7. The van der Waals surface area contributed by atoms with E-state index < -0.39 is 0 Å². The Hall–Kier alpha value is -2.02. The Morgan fingerprint density at radius 1 is 1.00 bits per heavy atom. The molecule has 28 heavy (non-hydrogen) atoms. The van der Waals surface area contributed by atoms with Crippen molar-refractivity contribution in [2.45, 2.75) is 55.9 Å². The van der Waals surface area contributed by atoms with Gasteiger partial charge in [0.1, 0.15) is 6.04 Å². The van der Waals surface area contributed by atoms with Crippen LogP contribution in [0.25, 0.3) is 0 Å². The lowest BCUT2D eigenvalue weighted by Gasteiger charge is -2.30. The molecule has 1 atom stereocenters. The van der Waals surface area contributed by atoms with Gasteiger partial charge in [0.2, 0.25) is 11.8 Å². The van der Waals surface area contributed by atoms with Crippen molar-refractivity contribution in [2.75, 3.05) is 26.0 Å². The topological polar surface area (TPSA) is 69.7 Å². The number of carbonyl (C=O) groups excluding carboxylic acids is 3. The number of anilines is 1. The van der Waals surface area contributed by atoms with Crippen LogP contribution in [0.5, 0.6) is 0 Å². The lowest BCUT2D eigenvalue weighted by molar-refractivity contribution is -0.141. The summed E-state index contributed by atoms with van der Waals surface area (Å²) in [5.74, 6) is 0.130. The van der Waals surface area contributed by atoms with Crippen molar-refractivity contribution >= 4 is 34.5 Å². The van der Waals surface area contributed by atoms with Crippen molar-refractivity contribution < 1.29 is 14.4 Å². The van der Waals surface area contributed by atoms with E-state index in [4.69, 9.17) is 0 Å². The molecule has 1 unspecified atom stereocenters. The van der Waals surface area contributed by atoms with Gasteiger partial charge in [0.25, 0.3) is 5.24 Å². The second-order valence-corrected chi connectivity index (χ2v) is 8.83. The van der Waals surface area contributed by atoms with E-state index in [-0.39, 0.29) is 29.0 Å². The molecule has 0 spiro atoms. The number of benzene rings is 1. The van der Waals surface area contributed by atoms with Crippen LogP contribution in [0, 0.1) is 5.92 Å². The molecule has 1 aliphatic heterocycles. The van der Waals surface area contributed by atoms with Gasteiger partial charge in [-0.1, -0.05) is 19.3 Å². The van der Waals surface area contributed by atoms with E-state index in [0.29, 0.717) is 12.2 Å². The quantitative estimate of drug-likeness (QED) is 0.773. The number of likely N-dealkylation sites (tertiary alicyclic amines) is 1. The summed E-state index contributed by atoms with van der Waals surface area (Å²) < 4.78 is 0. The maximum Gasteiger partial charge on any atom is 0.285 e. The maximum atomic E-state index is 12.9. The summed E-state index contributed by atoms with van der Waals surface area (Å²) in [6, 6.07) is 6.86. The number of hydrogen-bond acceptors (Lipinski definition) is 4. The van der Waals surface area contributed by atoms with Gasteiger partial charge in [0, 0.05) is 37.1 Å². The number of nitrogens with one attached hydrogen (secondary N) is 1. The van der Waals surface area contributed by atoms with Crippen molar-refractivity contribution in [1.82, 2.24) is 9.80 Å². The summed E-state index contributed by atoms with van der Waals surface area (Å²) >= 11 is 1.15. The minimum Gasteiger partial charge on any atom is -0.339 e. The summed E-state index contributed by atoms with van der Waals surface area (Å²) in [6.45, 7) is 0.676. The number of amides is 3. The Labute approximate surface area is 171 Å². The second kappa shape index (κ2) is 9.45. The van der Waals surface area contributed by atoms with Gasteiger partial charge in [-0.3, -0.25) is 14.4 Å². The molecule has 1 saturated carbocycles. The third kappa shape index (κ3) is 5.07. The molecule has 152 valence electrons. The average Bonchev–Trinajstić information content (AvgIpc) is 3.19. The maximum absolute atomic E-state index is 12.9. The summed E-state index contributed by atoms with van der Waals surface area (Å²) in [4.78, 5) is 41.6. The van der Waals surface area contributed by atoms with Gasteiger partial charge >= 0.3 is 0 Å². The Balaban J connectivity index is 1.58. The van der Waals surface area contributed by atoms with Crippen LogP contribution in [0.2, 0.25) is 0 Å². The second-order valence-electron chi connectivity index (χ2n) is 7.80. The summed E-state index contributed by atoms with van der Waals surface area (Å²) in [7, 11) is 3.43. The van der Waals surface area contributed by atoms with E-state index >= 15 is 0 Å². The van der Waals surface area contributed by atoms with Gasteiger partial charge < -0.3 is 15.1 Å². The number of thioether (sulfide) groups is 1. The van der Waals surface area contributed by atoms with Crippen LogP contribution < -0.4 is 5.32 Å². The van der Waals surface area contributed by atoms with E-state index in [9.17, 15) is 14.4 Å². The minimum atomic E-state index is -0.376. The minimum absolute atomic E-state index is 0.0420. The van der Waals surface area contributed by atoms with Gasteiger partial charge in [-0.25, -0.2) is 0 Å². The zero-order chi connectivity index (χ0) is 20.1. The first-order valence-electron chi connectivity index (χ1n) is 10.1. The van der Waals surface area contributed by atoms with E-state index in [2.05, 4.69) is 5.32 Å². The van der Waals surface area contributed by atoms with Crippen molar-refractivity contribution in [3.8, 4) is 0 Å². The molecule has 3 rings (SSSR count). The summed E-state index contributed by atoms with van der Waals surface area (Å²) in [5.41, 5.74) is 0.684. The Bertz CT molecular complexity index is 714. The molecular formula is C21H29N3O3S. The molecule has 1 aromatic rings. The third-order valence-corrected chi connectivity index (χ3v) is 6.53. The lowest BCUT2D eigenvalue weighted by atomic mass is 9.88. The third-order valence-electron chi connectivity index (χ3n) is 5.49. The van der Waals surface area contributed by atoms with Crippen LogP contribution in [0.15, 0.2) is 29.2 Å². The molecule has 2 fully saturated rings. The van der Waals surface area contributed by atoms with E-state index in [1.165, 1.54) is 11.3 Å². The fraction of sp³-hybridized carbons (Fsp3) is 0.571. The van der Waals surface area contributed by atoms with E-state index in [1.54, 1.807) is 31.1 Å². The molecule has 0 aromatic heterocycles. The number of rotatable bonds is 4. The fourth-order valence-corrected chi connectivity index (χ4v) is 4.57. The highest BCUT2D eigenvalue weighted by Crippen LogP contribution is 2.29. The molecule has 0 bridgehead atoms. The van der Waals surface area contributed by atoms with Gasteiger partial charge in [-0.05, 0) is 61.7 Å². The molecule has 6 nitrogen and oxygen atoms in total. The molecule has 2 aliphatic rings. The monoisotopic (exact) mass is 403 g/mol. The van der Waals surface area contributed by atoms with Gasteiger partial charge in [-0.15, -0.1) is 0 Å². The highest BCUT2D eigenvalue weighted by atomic mass is 32.2. The van der Waals surface area contributed by atoms with Crippen molar-refractivity contribution in [2.24, 2.45) is 5.92 Å². The number of carbonyl (C=O) groups is 3. The van der Waals surface area contributed by atoms with Crippen LogP contribution in [-0.2, 0) is 9.59 Å². The van der Waals surface area contributed by atoms with Gasteiger partial charge in [0.15, 0.2) is 0 Å². The smallest absolute Gasteiger partial charge is 0.285 e. The molecule has 3 amide bonds. The number of nitrogens with zero attached hydrogens (tertiary/aromatic N) is 2. The molecule has 1 saturated heterocycles. The molecule has 0 radical (unpaired) electrons. The molecule has 1 aromatic carbocycles. The van der Waals surface area contributed by atoms with Crippen molar-refractivity contribution in [3.63, 3.8) is 0 Å². The van der Waals surface area contributed by atoms with Crippen LogP contribution in [0.3, 0.4) is 0 Å². The summed E-state index contributed by atoms with van der Waals surface area (Å²) in [6.07, 6.45) is 6.93. The molecule has 1 N–H and O–H groups in total. The standard InChI is InChI=1S/C21H29N3O3S/c1-23(2)21(27)28-17-12-10-16(11-13-17)22-19(25)18-9-6-14-24(18)20(26)15-7-4-3-5-8-15/h10-13,15,18H,3-9,14H2,1-2H3,(H,22,25). The molecule has 1 aliphatic carbocycles. The summed E-state index contributed by atoms with van der Waals surface area (Å²) in [5, 5.41) is 2.90. The Morgan fingerprint density at radius 2 is 1.68 bits per heavy atom. The van der Waals surface area contributed by atoms with Crippen molar-refractivity contribution in [3.05, 3.63) is 24.3 Å². The van der Waals surface area contributed by atoms with Crippen LogP contribution >= 0.6 is 11.8 Å². The van der Waals surface area contributed by atoms with Crippen LogP contribution in [-0.4, -0.2) is 53.5 Å². The van der Waals surface area contributed by atoms with Gasteiger partial charge in [-0.2, -0.15) is 0 Å². The molecular weight excluding hydrogens is 374 g/mol. The first-order chi connectivity index (χ1) is 13.5. The van der Waals surface area contributed by atoms with Crippen LogP contribution in [0.1, 0.15) is 44.9 Å². The van der Waals surface area contributed by atoms with E-state index in [0.717, 1.165) is 55.2 Å².